The molecule has 3 aromatic carbocycles. The molecule has 37 heavy (non-hydrogen) atoms. The van der Waals surface area contributed by atoms with Crippen molar-refractivity contribution in [2.45, 2.75) is 31.4 Å². The molecule has 1 saturated heterocycles. The molecule has 1 aliphatic heterocycles. The molecule has 1 fully saturated rings. The maximum Gasteiger partial charge on any atom is 0.123 e. The first-order valence-electron chi connectivity index (χ1n) is 13.0. The minimum absolute atomic E-state index is 0.109. The molecule has 1 unspecified atom stereocenters. The second kappa shape index (κ2) is 14.0. The van der Waals surface area contributed by atoms with Gasteiger partial charge in [0.1, 0.15) is 11.6 Å². The Morgan fingerprint density at radius 1 is 0.784 bits per heavy atom. The summed E-state index contributed by atoms with van der Waals surface area (Å²) in [5.74, 6) is -0.387. The number of halogens is 3. The standard InChI is InChI=1S/C30H36ClF2N3O/c31-26-9-3-23(4-10-26)20-34-21-29(37)22-36-18-16-35(17-19-36)15-1-2-30(24-5-11-27(32)12-6-24)25-7-13-28(33)14-8-25/h3-14,29-30,34,37H,1-2,15-22H2. The third-order valence-corrected chi connectivity index (χ3v) is 7.32. The molecule has 1 atom stereocenters. The number of rotatable bonds is 12. The Hall–Kier alpha value is -2.35. The van der Waals surface area contributed by atoms with Gasteiger partial charge < -0.3 is 15.3 Å². The molecule has 0 spiro atoms. The molecule has 0 aliphatic carbocycles. The third-order valence-electron chi connectivity index (χ3n) is 7.07. The highest BCUT2D eigenvalue weighted by molar-refractivity contribution is 6.30. The van der Waals surface area contributed by atoms with E-state index in [1.165, 1.54) is 24.3 Å². The third kappa shape index (κ3) is 8.87. The van der Waals surface area contributed by atoms with Crippen molar-refractivity contribution in [1.29, 1.82) is 0 Å². The highest BCUT2D eigenvalue weighted by atomic mass is 35.5. The lowest BCUT2D eigenvalue weighted by Gasteiger charge is -2.36. The van der Waals surface area contributed by atoms with E-state index in [1.807, 2.05) is 48.5 Å². The number of nitrogens with zero attached hydrogens (tertiary/aromatic N) is 2. The fourth-order valence-electron chi connectivity index (χ4n) is 4.98. The number of hydrogen-bond acceptors (Lipinski definition) is 4. The fourth-order valence-corrected chi connectivity index (χ4v) is 5.10. The van der Waals surface area contributed by atoms with Crippen LogP contribution in [0.4, 0.5) is 8.78 Å². The van der Waals surface area contributed by atoms with Crippen LogP contribution >= 0.6 is 11.6 Å². The van der Waals surface area contributed by atoms with Crippen molar-refractivity contribution in [2.75, 3.05) is 45.8 Å². The summed E-state index contributed by atoms with van der Waals surface area (Å²) < 4.78 is 26.9. The Labute approximate surface area is 223 Å². The van der Waals surface area contributed by atoms with Crippen LogP contribution in [-0.4, -0.2) is 66.8 Å². The Morgan fingerprint density at radius 3 is 1.89 bits per heavy atom. The van der Waals surface area contributed by atoms with Gasteiger partial charge in [0.05, 0.1) is 6.10 Å². The predicted octanol–water partition coefficient (Wildman–Crippen LogP) is 5.30. The molecule has 1 heterocycles. The smallest absolute Gasteiger partial charge is 0.123 e. The van der Waals surface area contributed by atoms with Gasteiger partial charge in [-0.2, -0.15) is 0 Å². The lowest BCUT2D eigenvalue weighted by molar-refractivity contribution is 0.0717. The van der Waals surface area contributed by atoms with Crippen LogP contribution in [0.3, 0.4) is 0 Å². The van der Waals surface area contributed by atoms with Gasteiger partial charge in [0.2, 0.25) is 0 Å². The first kappa shape index (κ1) is 27.7. The maximum atomic E-state index is 13.5. The second-order valence-electron chi connectivity index (χ2n) is 9.85. The monoisotopic (exact) mass is 527 g/mol. The minimum Gasteiger partial charge on any atom is -0.390 e. The van der Waals surface area contributed by atoms with E-state index < -0.39 is 6.10 Å². The van der Waals surface area contributed by atoms with Crippen LogP contribution in [-0.2, 0) is 6.54 Å². The molecule has 2 N–H and O–H groups in total. The number of aliphatic hydroxyl groups excluding tert-OH is 1. The average molecular weight is 528 g/mol. The van der Waals surface area contributed by atoms with E-state index in [0.29, 0.717) is 19.6 Å². The molecule has 1 aliphatic rings. The molecule has 0 saturated carbocycles. The van der Waals surface area contributed by atoms with E-state index in [0.717, 1.165) is 67.3 Å². The van der Waals surface area contributed by atoms with E-state index in [4.69, 9.17) is 11.6 Å². The molecule has 0 radical (unpaired) electrons. The number of benzene rings is 3. The van der Waals surface area contributed by atoms with Crippen molar-refractivity contribution in [3.63, 3.8) is 0 Å². The maximum absolute atomic E-state index is 13.5. The van der Waals surface area contributed by atoms with E-state index in [2.05, 4.69) is 15.1 Å². The second-order valence-corrected chi connectivity index (χ2v) is 10.3. The van der Waals surface area contributed by atoms with Crippen LogP contribution in [0.5, 0.6) is 0 Å². The molecule has 0 amide bonds. The Bertz CT molecular complexity index is 1030. The average Bonchev–Trinajstić information content (AvgIpc) is 2.90. The van der Waals surface area contributed by atoms with Crippen LogP contribution in [0.1, 0.15) is 35.4 Å². The van der Waals surface area contributed by atoms with Gasteiger partial charge in [-0.05, 0) is 72.5 Å². The fraction of sp³-hybridized carbons (Fsp3) is 0.400. The predicted molar refractivity (Wildman–Crippen MR) is 146 cm³/mol. The molecular weight excluding hydrogens is 492 g/mol. The van der Waals surface area contributed by atoms with E-state index in [1.54, 1.807) is 0 Å². The summed E-state index contributed by atoms with van der Waals surface area (Å²) in [6, 6.07) is 21.0. The number of piperazine rings is 1. The normalized spacial score (nSPS) is 15.8. The van der Waals surface area contributed by atoms with Crippen molar-refractivity contribution in [2.24, 2.45) is 0 Å². The largest absolute Gasteiger partial charge is 0.390 e. The first-order chi connectivity index (χ1) is 18.0. The number of nitrogens with one attached hydrogen (secondary N) is 1. The molecule has 0 aromatic heterocycles. The molecular formula is C30H36ClF2N3O. The van der Waals surface area contributed by atoms with Crippen molar-refractivity contribution in [3.05, 3.63) is 106 Å². The Morgan fingerprint density at radius 2 is 1.32 bits per heavy atom. The van der Waals surface area contributed by atoms with Crippen LogP contribution in [0.2, 0.25) is 5.02 Å². The van der Waals surface area contributed by atoms with Crippen molar-refractivity contribution in [1.82, 2.24) is 15.1 Å². The first-order valence-corrected chi connectivity index (χ1v) is 13.4. The summed E-state index contributed by atoms with van der Waals surface area (Å²) in [5, 5.41) is 14.5. The van der Waals surface area contributed by atoms with Crippen LogP contribution in [0, 0.1) is 11.6 Å². The Kier molecular flexibility index (Phi) is 10.5. The van der Waals surface area contributed by atoms with Gasteiger partial charge in [0.25, 0.3) is 0 Å². The highest BCUT2D eigenvalue weighted by Gasteiger charge is 2.20. The van der Waals surface area contributed by atoms with Gasteiger partial charge >= 0.3 is 0 Å². The van der Waals surface area contributed by atoms with Gasteiger partial charge in [-0.25, -0.2) is 8.78 Å². The van der Waals surface area contributed by atoms with Gasteiger partial charge in [-0.1, -0.05) is 48.0 Å². The van der Waals surface area contributed by atoms with Crippen LogP contribution < -0.4 is 5.32 Å². The summed E-state index contributed by atoms with van der Waals surface area (Å²) in [6.07, 6.45) is 1.50. The SMILES string of the molecule is OC(CNCc1ccc(Cl)cc1)CN1CCN(CCCC(c2ccc(F)cc2)c2ccc(F)cc2)CC1. The molecule has 7 heteroatoms. The Balaban J connectivity index is 1.17. The van der Waals surface area contributed by atoms with Crippen molar-refractivity contribution >= 4 is 11.6 Å². The van der Waals surface area contributed by atoms with Gasteiger partial charge in [0, 0.05) is 56.8 Å². The minimum atomic E-state index is -0.411. The molecule has 0 bridgehead atoms. The lowest BCUT2D eigenvalue weighted by atomic mass is 9.87. The van der Waals surface area contributed by atoms with E-state index in [9.17, 15) is 13.9 Å². The molecule has 4 rings (SSSR count). The van der Waals surface area contributed by atoms with E-state index in [-0.39, 0.29) is 17.6 Å². The van der Waals surface area contributed by atoms with Gasteiger partial charge in [0.15, 0.2) is 0 Å². The van der Waals surface area contributed by atoms with Gasteiger partial charge in [-0.3, -0.25) is 4.90 Å². The topological polar surface area (TPSA) is 38.7 Å². The van der Waals surface area contributed by atoms with Crippen LogP contribution in [0.25, 0.3) is 0 Å². The highest BCUT2D eigenvalue weighted by Crippen LogP contribution is 2.30. The number of aliphatic hydroxyl groups is 1. The zero-order valence-electron chi connectivity index (χ0n) is 21.1. The zero-order valence-corrected chi connectivity index (χ0v) is 21.9. The van der Waals surface area contributed by atoms with Gasteiger partial charge in [-0.15, -0.1) is 0 Å². The quantitative estimate of drug-likeness (QED) is 0.335. The number of hydrogen-bond donors (Lipinski definition) is 2. The molecule has 198 valence electrons. The zero-order chi connectivity index (χ0) is 26.0. The van der Waals surface area contributed by atoms with Crippen LogP contribution in [0.15, 0.2) is 72.8 Å². The molecule has 4 nitrogen and oxygen atoms in total. The summed E-state index contributed by atoms with van der Waals surface area (Å²) >= 11 is 5.92. The summed E-state index contributed by atoms with van der Waals surface area (Å²) in [5.41, 5.74) is 3.25. The van der Waals surface area contributed by atoms with Crippen molar-refractivity contribution < 1.29 is 13.9 Å². The lowest BCUT2D eigenvalue weighted by Crippen LogP contribution is -2.49. The summed E-state index contributed by atoms with van der Waals surface area (Å²) in [6.45, 7) is 6.74. The summed E-state index contributed by atoms with van der Waals surface area (Å²) in [7, 11) is 0. The van der Waals surface area contributed by atoms with Crippen molar-refractivity contribution in [3.8, 4) is 0 Å². The van der Waals surface area contributed by atoms with E-state index >= 15 is 0 Å². The molecule has 3 aromatic rings. The summed E-state index contributed by atoms with van der Waals surface area (Å²) in [4.78, 5) is 4.79. The number of β-amino-alcohol motifs (C(OH)–C–C–N with tert-alkyl or cyclic N) is 1.